The van der Waals surface area contributed by atoms with Crippen LogP contribution in [0.4, 0.5) is 4.39 Å². The highest BCUT2D eigenvalue weighted by Gasteiger charge is 2.26. The summed E-state index contributed by atoms with van der Waals surface area (Å²) in [5, 5.41) is 0. The Balaban J connectivity index is 1.62. The van der Waals surface area contributed by atoms with Gasteiger partial charge in [-0.05, 0) is 18.2 Å². The molecular formula is C21H29FN2O3+2. The zero-order valence-corrected chi connectivity index (χ0v) is 16.3. The molecule has 0 atom stereocenters. The smallest absolute Gasteiger partial charge is 0.203 e. The van der Waals surface area contributed by atoms with E-state index in [0.29, 0.717) is 11.5 Å². The Kier molecular flexibility index (Phi) is 6.53. The molecule has 6 heteroatoms. The molecule has 0 unspecified atom stereocenters. The van der Waals surface area contributed by atoms with Crippen LogP contribution in [0.25, 0.3) is 0 Å². The lowest BCUT2D eigenvalue weighted by molar-refractivity contribution is -1.02. The molecule has 3 rings (SSSR count). The fourth-order valence-electron chi connectivity index (χ4n) is 3.79. The van der Waals surface area contributed by atoms with Crippen molar-refractivity contribution < 1.29 is 28.4 Å². The minimum Gasteiger partial charge on any atom is -0.493 e. The van der Waals surface area contributed by atoms with Crippen LogP contribution in [-0.4, -0.2) is 47.5 Å². The Hall–Kier alpha value is -2.31. The SMILES string of the molecule is COc1ccc(C[NH+]2CC[NH+](Cc3ccccc3F)CC2)c(OC)c1OC. The van der Waals surface area contributed by atoms with Crippen molar-refractivity contribution in [1.29, 1.82) is 0 Å². The van der Waals surface area contributed by atoms with E-state index in [1.54, 1.807) is 33.5 Å². The largest absolute Gasteiger partial charge is 0.493 e. The topological polar surface area (TPSA) is 36.6 Å². The number of quaternary nitrogens is 2. The molecule has 1 fully saturated rings. The molecule has 0 radical (unpaired) electrons. The highest BCUT2D eigenvalue weighted by Crippen LogP contribution is 2.39. The van der Waals surface area contributed by atoms with Crippen LogP contribution in [0, 0.1) is 5.82 Å². The number of nitrogens with one attached hydrogen (secondary N) is 2. The van der Waals surface area contributed by atoms with Gasteiger partial charge in [-0.25, -0.2) is 4.39 Å². The number of benzene rings is 2. The van der Waals surface area contributed by atoms with Gasteiger partial charge in [0.1, 0.15) is 45.1 Å². The number of ether oxygens (including phenoxy) is 3. The number of rotatable bonds is 7. The lowest BCUT2D eigenvalue weighted by atomic mass is 10.1. The number of methoxy groups -OCH3 is 3. The summed E-state index contributed by atoms with van der Waals surface area (Å²) in [7, 11) is 4.91. The molecule has 1 saturated heterocycles. The number of hydrogen-bond acceptors (Lipinski definition) is 3. The molecule has 2 N–H and O–H groups in total. The third kappa shape index (κ3) is 4.51. The van der Waals surface area contributed by atoms with Crippen LogP contribution >= 0.6 is 0 Å². The highest BCUT2D eigenvalue weighted by atomic mass is 19.1. The lowest BCUT2D eigenvalue weighted by Crippen LogP contribution is -3.27. The first-order valence-electron chi connectivity index (χ1n) is 9.34. The molecule has 0 bridgehead atoms. The van der Waals surface area contributed by atoms with Crippen molar-refractivity contribution in [2.24, 2.45) is 0 Å². The van der Waals surface area contributed by atoms with Crippen molar-refractivity contribution in [1.82, 2.24) is 0 Å². The van der Waals surface area contributed by atoms with E-state index < -0.39 is 0 Å². The first kappa shape index (κ1) is 19.5. The molecule has 0 amide bonds. The average molecular weight is 376 g/mol. The van der Waals surface area contributed by atoms with E-state index in [1.807, 2.05) is 24.3 Å². The molecule has 146 valence electrons. The Morgan fingerprint density at radius 3 is 1.89 bits per heavy atom. The van der Waals surface area contributed by atoms with Crippen LogP contribution in [0.2, 0.25) is 0 Å². The summed E-state index contributed by atoms with van der Waals surface area (Å²) in [6, 6.07) is 11.0. The number of hydrogen-bond donors (Lipinski definition) is 2. The Morgan fingerprint density at radius 2 is 1.33 bits per heavy atom. The maximum atomic E-state index is 13.9. The van der Waals surface area contributed by atoms with Gasteiger partial charge in [-0.2, -0.15) is 0 Å². The van der Waals surface area contributed by atoms with E-state index >= 15 is 0 Å². The van der Waals surface area contributed by atoms with Crippen molar-refractivity contribution in [3.63, 3.8) is 0 Å². The summed E-state index contributed by atoms with van der Waals surface area (Å²) < 4.78 is 30.3. The van der Waals surface area contributed by atoms with Crippen molar-refractivity contribution in [3.05, 3.63) is 53.3 Å². The molecule has 1 aliphatic heterocycles. The second-order valence-corrected chi connectivity index (χ2v) is 6.94. The van der Waals surface area contributed by atoms with E-state index in [0.717, 1.165) is 56.1 Å². The Labute approximate surface area is 160 Å². The summed E-state index contributed by atoms with van der Waals surface area (Å²) >= 11 is 0. The summed E-state index contributed by atoms with van der Waals surface area (Å²) in [4.78, 5) is 2.93. The van der Waals surface area contributed by atoms with E-state index in [-0.39, 0.29) is 5.82 Å². The van der Waals surface area contributed by atoms with Crippen LogP contribution in [0.1, 0.15) is 11.1 Å². The fraction of sp³-hybridized carbons (Fsp3) is 0.429. The maximum absolute atomic E-state index is 13.9. The van der Waals surface area contributed by atoms with Gasteiger partial charge in [0.25, 0.3) is 0 Å². The minimum atomic E-state index is -0.102. The first-order valence-corrected chi connectivity index (χ1v) is 9.34. The van der Waals surface area contributed by atoms with Crippen molar-refractivity contribution in [2.75, 3.05) is 47.5 Å². The molecule has 0 aliphatic carbocycles. The molecule has 0 spiro atoms. The van der Waals surface area contributed by atoms with Gasteiger partial charge in [-0.15, -0.1) is 0 Å². The average Bonchev–Trinajstić information content (AvgIpc) is 2.70. The van der Waals surface area contributed by atoms with Crippen LogP contribution in [0.5, 0.6) is 17.2 Å². The van der Waals surface area contributed by atoms with Crippen LogP contribution < -0.4 is 24.0 Å². The van der Waals surface area contributed by atoms with Gasteiger partial charge in [0.05, 0.1) is 26.9 Å². The third-order valence-electron chi connectivity index (χ3n) is 5.29. The summed E-state index contributed by atoms with van der Waals surface area (Å²) in [5.74, 6) is 1.95. The molecule has 1 aliphatic rings. The van der Waals surface area contributed by atoms with Crippen LogP contribution in [0.15, 0.2) is 36.4 Å². The third-order valence-corrected chi connectivity index (χ3v) is 5.29. The highest BCUT2D eigenvalue weighted by molar-refractivity contribution is 5.55. The van der Waals surface area contributed by atoms with E-state index in [4.69, 9.17) is 14.2 Å². The van der Waals surface area contributed by atoms with Crippen molar-refractivity contribution in [2.45, 2.75) is 13.1 Å². The van der Waals surface area contributed by atoms with Gasteiger partial charge in [-0.3, -0.25) is 0 Å². The van der Waals surface area contributed by atoms with Crippen LogP contribution in [0.3, 0.4) is 0 Å². The van der Waals surface area contributed by atoms with E-state index in [2.05, 4.69) is 0 Å². The predicted molar refractivity (Wildman–Crippen MR) is 101 cm³/mol. The van der Waals surface area contributed by atoms with Crippen LogP contribution in [-0.2, 0) is 13.1 Å². The van der Waals surface area contributed by atoms with Crippen molar-refractivity contribution in [3.8, 4) is 17.2 Å². The minimum absolute atomic E-state index is 0.102. The monoisotopic (exact) mass is 376 g/mol. The number of piperazine rings is 1. The summed E-state index contributed by atoms with van der Waals surface area (Å²) in [6.45, 7) is 5.76. The normalized spacial score (nSPS) is 19.6. The molecule has 2 aromatic rings. The van der Waals surface area contributed by atoms with Gasteiger partial charge >= 0.3 is 0 Å². The Bertz CT molecular complexity index is 761. The molecule has 1 heterocycles. The zero-order valence-electron chi connectivity index (χ0n) is 16.3. The van der Waals surface area contributed by atoms with E-state index in [9.17, 15) is 4.39 Å². The quantitative estimate of drug-likeness (QED) is 0.732. The molecule has 5 nitrogen and oxygen atoms in total. The lowest BCUT2D eigenvalue weighted by Gasteiger charge is -2.30. The molecule has 0 saturated carbocycles. The molecule has 27 heavy (non-hydrogen) atoms. The predicted octanol–water partition coefficient (Wildman–Crippen LogP) is 0.335. The van der Waals surface area contributed by atoms with Gasteiger partial charge in [-0.1, -0.05) is 18.2 Å². The maximum Gasteiger partial charge on any atom is 0.203 e. The van der Waals surface area contributed by atoms with Gasteiger partial charge in [0.2, 0.25) is 5.75 Å². The molecular weight excluding hydrogens is 347 g/mol. The van der Waals surface area contributed by atoms with Gasteiger partial charge in [0, 0.05) is 5.56 Å². The summed E-state index contributed by atoms with van der Waals surface area (Å²) in [5.41, 5.74) is 1.92. The molecule has 0 aromatic heterocycles. The second-order valence-electron chi connectivity index (χ2n) is 6.94. The Morgan fingerprint density at radius 1 is 0.741 bits per heavy atom. The standard InChI is InChI=1S/C21H27FN2O3/c1-25-19-9-8-17(20(26-2)21(19)27-3)15-24-12-10-23(11-13-24)14-16-6-4-5-7-18(16)22/h4-9H,10-15H2,1-3H3/p+2. The summed E-state index contributed by atoms with van der Waals surface area (Å²) in [6.07, 6.45) is 0. The van der Waals surface area contributed by atoms with E-state index in [1.165, 1.54) is 9.80 Å². The number of halogens is 1. The second kappa shape index (κ2) is 9.06. The zero-order chi connectivity index (χ0) is 19.2. The van der Waals surface area contributed by atoms with Gasteiger partial charge < -0.3 is 24.0 Å². The van der Waals surface area contributed by atoms with Crippen molar-refractivity contribution >= 4 is 0 Å². The molecule has 2 aromatic carbocycles. The first-order chi connectivity index (χ1) is 13.2. The fourth-order valence-corrected chi connectivity index (χ4v) is 3.79. The van der Waals surface area contributed by atoms with Gasteiger partial charge in [0.15, 0.2) is 11.5 Å².